The summed E-state index contributed by atoms with van der Waals surface area (Å²) in [6.07, 6.45) is 2.05. The Kier molecular flexibility index (Phi) is 3.94. The summed E-state index contributed by atoms with van der Waals surface area (Å²) in [4.78, 5) is 2.33. The number of aliphatic hydroxyl groups excluding tert-OH is 1. The van der Waals surface area contributed by atoms with Gasteiger partial charge in [0.15, 0.2) is 0 Å². The second-order valence-electron chi connectivity index (χ2n) is 4.34. The van der Waals surface area contributed by atoms with Gasteiger partial charge in [-0.05, 0) is 32.2 Å². The summed E-state index contributed by atoms with van der Waals surface area (Å²) in [7, 11) is 0. The summed E-state index contributed by atoms with van der Waals surface area (Å²) in [5.74, 6) is 0.473. The SMILES string of the molecule is C=C(C)CCN1CCC(C)C(O)C1. The molecule has 76 valence electrons. The second kappa shape index (κ2) is 4.77. The fourth-order valence-corrected chi connectivity index (χ4v) is 1.67. The van der Waals surface area contributed by atoms with E-state index in [9.17, 15) is 5.11 Å². The average molecular weight is 183 g/mol. The van der Waals surface area contributed by atoms with Crippen LogP contribution in [0.3, 0.4) is 0 Å². The number of hydrogen-bond donors (Lipinski definition) is 1. The Balaban J connectivity index is 2.25. The first kappa shape index (κ1) is 10.7. The first-order valence-corrected chi connectivity index (χ1v) is 5.14. The van der Waals surface area contributed by atoms with Crippen molar-refractivity contribution >= 4 is 0 Å². The standard InChI is InChI=1S/C11H21NO/c1-9(2)4-6-12-7-5-10(3)11(13)8-12/h10-11,13H,1,4-8H2,2-3H3. The lowest BCUT2D eigenvalue weighted by Gasteiger charge is -2.34. The molecule has 0 amide bonds. The second-order valence-corrected chi connectivity index (χ2v) is 4.34. The van der Waals surface area contributed by atoms with E-state index in [4.69, 9.17) is 0 Å². The number of β-amino-alcohol motifs (C(OH)–C–C–N with tert-alkyl or cyclic N) is 1. The molecular weight excluding hydrogens is 162 g/mol. The third kappa shape index (κ3) is 3.49. The van der Waals surface area contributed by atoms with E-state index in [-0.39, 0.29) is 6.10 Å². The Morgan fingerprint density at radius 2 is 2.31 bits per heavy atom. The molecule has 0 aromatic heterocycles. The number of hydrogen-bond acceptors (Lipinski definition) is 2. The number of likely N-dealkylation sites (tertiary alicyclic amines) is 1. The predicted molar refractivity (Wildman–Crippen MR) is 55.7 cm³/mol. The van der Waals surface area contributed by atoms with E-state index in [2.05, 4.69) is 25.3 Å². The van der Waals surface area contributed by atoms with E-state index in [0.717, 1.165) is 32.5 Å². The van der Waals surface area contributed by atoms with E-state index in [1.807, 2.05) is 0 Å². The topological polar surface area (TPSA) is 23.5 Å². The van der Waals surface area contributed by atoms with Gasteiger partial charge in [-0.25, -0.2) is 0 Å². The van der Waals surface area contributed by atoms with Crippen LogP contribution in [0.2, 0.25) is 0 Å². The molecule has 2 nitrogen and oxygen atoms in total. The molecule has 1 N–H and O–H groups in total. The molecule has 1 aliphatic rings. The van der Waals surface area contributed by atoms with Crippen LogP contribution in [0.25, 0.3) is 0 Å². The third-order valence-corrected chi connectivity index (χ3v) is 2.86. The van der Waals surface area contributed by atoms with Crippen molar-refractivity contribution in [3.63, 3.8) is 0 Å². The molecule has 0 aromatic carbocycles. The van der Waals surface area contributed by atoms with E-state index in [1.54, 1.807) is 0 Å². The highest BCUT2D eigenvalue weighted by Gasteiger charge is 2.23. The fourth-order valence-electron chi connectivity index (χ4n) is 1.67. The maximum absolute atomic E-state index is 9.65. The van der Waals surface area contributed by atoms with E-state index >= 15 is 0 Å². The minimum absolute atomic E-state index is 0.126. The molecular formula is C11H21NO. The van der Waals surface area contributed by atoms with Crippen molar-refractivity contribution in [2.45, 2.75) is 32.8 Å². The summed E-state index contributed by atoms with van der Waals surface area (Å²) in [5, 5.41) is 9.65. The molecule has 1 heterocycles. The lowest BCUT2D eigenvalue weighted by atomic mass is 9.96. The van der Waals surface area contributed by atoms with Crippen molar-refractivity contribution < 1.29 is 5.11 Å². The molecule has 2 atom stereocenters. The van der Waals surface area contributed by atoms with Crippen LogP contribution in [0.5, 0.6) is 0 Å². The van der Waals surface area contributed by atoms with Gasteiger partial charge < -0.3 is 10.0 Å². The Morgan fingerprint density at radius 3 is 2.85 bits per heavy atom. The van der Waals surface area contributed by atoms with Gasteiger partial charge >= 0.3 is 0 Å². The number of nitrogens with zero attached hydrogens (tertiary/aromatic N) is 1. The Morgan fingerprint density at radius 1 is 1.62 bits per heavy atom. The van der Waals surface area contributed by atoms with Gasteiger partial charge in [0.25, 0.3) is 0 Å². The Labute approximate surface area is 81.2 Å². The summed E-state index contributed by atoms with van der Waals surface area (Å²) in [6.45, 7) is 11.1. The highest BCUT2D eigenvalue weighted by Crippen LogP contribution is 2.17. The Bertz CT molecular complexity index is 179. The van der Waals surface area contributed by atoms with Gasteiger partial charge in [-0.1, -0.05) is 12.5 Å². The van der Waals surface area contributed by atoms with Crippen LogP contribution < -0.4 is 0 Å². The molecule has 0 bridgehead atoms. The minimum atomic E-state index is -0.126. The normalized spacial score (nSPS) is 30.4. The number of rotatable bonds is 3. The molecule has 1 rings (SSSR count). The van der Waals surface area contributed by atoms with E-state index < -0.39 is 0 Å². The van der Waals surface area contributed by atoms with Crippen LogP contribution >= 0.6 is 0 Å². The quantitative estimate of drug-likeness (QED) is 0.673. The smallest absolute Gasteiger partial charge is 0.0693 e. The maximum Gasteiger partial charge on any atom is 0.0693 e. The molecule has 13 heavy (non-hydrogen) atoms. The van der Waals surface area contributed by atoms with Gasteiger partial charge in [-0.15, -0.1) is 6.58 Å². The highest BCUT2D eigenvalue weighted by atomic mass is 16.3. The Hall–Kier alpha value is -0.340. The molecule has 2 unspecified atom stereocenters. The van der Waals surface area contributed by atoms with Crippen molar-refractivity contribution in [2.24, 2.45) is 5.92 Å². The summed E-state index contributed by atoms with van der Waals surface area (Å²) in [5.41, 5.74) is 1.23. The molecule has 1 aliphatic heterocycles. The van der Waals surface area contributed by atoms with Crippen LogP contribution in [0.1, 0.15) is 26.7 Å². The molecule has 1 saturated heterocycles. The lowest BCUT2D eigenvalue weighted by Crippen LogP contribution is -2.43. The monoisotopic (exact) mass is 183 g/mol. The van der Waals surface area contributed by atoms with Gasteiger partial charge in [0.1, 0.15) is 0 Å². The summed E-state index contributed by atoms with van der Waals surface area (Å²) >= 11 is 0. The molecule has 2 heteroatoms. The van der Waals surface area contributed by atoms with Crippen LogP contribution in [-0.4, -0.2) is 35.7 Å². The number of aliphatic hydroxyl groups is 1. The molecule has 0 aliphatic carbocycles. The van der Waals surface area contributed by atoms with Crippen molar-refractivity contribution in [3.05, 3.63) is 12.2 Å². The molecule has 0 spiro atoms. The lowest BCUT2D eigenvalue weighted by molar-refractivity contribution is 0.0298. The maximum atomic E-state index is 9.65. The zero-order chi connectivity index (χ0) is 9.84. The first-order chi connectivity index (χ1) is 6.09. The van der Waals surface area contributed by atoms with Crippen LogP contribution in [0, 0.1) is 5.92 Å². The van der Waals surface area contributed by atoms with Gasteiger partial charge in [-0.2, -0.15) is 0 Å². The average Bonchev–Trinajstić information content (AvgIpc) is 2.07. The largest absolute Gasteiger partial charge is 0.392 e. The van der Waals surface area contributed by atoms with Crippen molar-refractivity contribution in [1.82, 2.24) is 4.90 Å². The molecule has 1 fully saturated rings. The van der Waals surface area contributed by atoms with Crippen molar-refractivity contribution in [1.29, 1.82) is 0 Å². The van der Waals surface area contributed by atoms with Crippen LogP contribution in [0.4, 0.5) is 0 Å². The van der Waals surface area contributed by atoms with Gasteiger partial charge in [0.2, 0.25) is 0 Å². The molecule has 0 aromatic rings. The van der Waals surface area contributed by atoms with Crippen LogP contribution in [-0.2, 0) is 0 Å². The highest BCUT2D eigenvalue weighted by molar-refractivity contribution is 4.89. The zero-order valence-corrected chi connectivity index (χ0v) is 8.79. The van der Waals surface area contributed by atoms with Crippen molar-refractivity contribution in [3.8, 4) is 0 Å². The molecule has 0 saturated carbocycles. The predicted octanol–water partition coefficient (Wildman–Crippen LogP) is 1.66. The first-order valence-electron chi connectivity index (χ1n) is 5.14. The fraction of sp³-hybridized carbons (Fsp3) is 0.818. The summed E-state index contributed by atoms with van der Waals surface area (Å²) in [6, 6.07) is 0. The van der Waals surface area contributed by atoms with E-state index in [0.29, 0.717) is 5.92 Å². The number of piperidine rings is 1. The minimum Gasteiger partial charge on any atom is -0.392 e. The van der Waals surface area contributed by atoms with Gasteiger partial charge in [0.05, 0.1) is 6.10 Å². The van der Waals surface area contributed by atoms with Crippen LogP contribution in [0.15, 0.2) is 12.2 Å². The zero-order valence-electron chi connectivity index (χ0n) is 8.79. The third-order valence-electron chi connectivity index (χ3n) is 2.86. The van der Waals surface area contributed by atoms with Crippen molar-refractivity contribution in [2.75, 3.05) is 19.6 Å². The van der Waals surface area contributed by atoms with Gasteiger partial charge in [-0.3, -0.25) is 0 Å². The van der Waals surface area contributed by atoms with E-state index in [1.165, 1.54) is 5.57 Å². The molecule has 0 radical (unpaired) electrons. The van der Waals surface area contributed by atoms with Gasteiger partial charge in [0, 0.05) is 13.1 Å². The summed E-state index contributed by atoms with van der Waals surface area (Å²) < 4.78 is 0.